The molecule has 2 aromatic rings. The fourth-order valence-electron chi connectivity index (χ4n) is 2.38. The highest BCUT2D eigenvalue weighted by Gasteiger charge is 2.20. The predicted molar refractivity (Wildman–Crippen MR) is 97.3 cm³/mol. The summed E-state index contributed by atoms with van der Waals surface area (Å²) in [5, 5.41) is 2.91. The Kier molecular flexibility index (Phi) is 6.20. The Morgan fingerprint density at radius 1 is 1.08 bits per heavy atom. The summed E-state index contributed by atoms with van der Waals surface area (Å²) in [6.45, 7) is 3.74. The van der Waals surface area contributed by atoms with E-state index in [0.717, 1.165) is 5.56 Å². The summed E-state index contributed by atoms with van der Waals surface area (Å²) in [6, 6.07) is 15.5. The molecule has 134 valence electrons. The van der Waals surface area contributed by atoms with Crippen LogP contribution >= 0.6 is 0 Å². The van der Waals surface area contributed by atoms with Crippen molar-refractivity contribution in [2.24, 2.45) is 0 Å². The van der Waals surface area contributed by atoms with Gasteiger partial charge in [0.2, 0.25) is 0 Å². The Hall–Kier alpha value is -2.34. The van der Waals surface area contributed by atoms with Crippen LogP contribution in [0, 0.1) is 0 Å². The lowest BCUT2D eigenvalue weighted by Gasteiger charge is -2.21. The second-order valence-electron chi connectivity index (χ2n) is 5.90. The van der Waals surface area contributed by atoms with Gasteiger partial charge in [-0.25, -0.2) is 8.42 Å². The van der Waals surface area contributed by atoms with Crippen molar-refractivity contribution in [1.29, 1.82) is 0 Å². The molecular formula is C19H23NO4S. The molecule has 0 aromatic heterocycles. The maximum atomic E-state index is 12.5. The lowest BCUT2D eigenvalue weighted by molar-refractivity contribution is -0.128. The van der Waals surface area contributed by atoms with Crippen LogP contribution in [0.2, 0.25) is 0 Å². The molecule has 0 fully saturated rings. The van der Waals surface area contributed by atoms with Gasteiger partial charge >= 0.3 is 0 Å². The van der Waals surface area contributed by atoms with E-state index in [-0.39, 0.29) is 16.8 Å². The largest absolute Gasteiger partial charge is 0.481 e. The third-order valence-electron chi connectivity index (χ3n) is 3.85. The van der Waals surface area contributed by atoms with Crippen molar-refractivity contribution >= 4 is 15.7 Å². The highest BCUT2D eigenvalue weighted by Crippen LogP contribution is 2.18. The molecule has 6 heteroatoms. The van der Waals surface area contributed by atoms with Crippen LogP contribution in [-0.2, 0) is 14.6 Å². The molecule has 0 saturated carbocycles. The number of hydrogen-bond acceptors (Lipinski definition) is 4. The van der Waals surface area contributed by atoms with Crippen molar-refractivity contribution < 1.29 is 17.9 Å². The Balaban J connectivity index is 2.02. The van der Waals surface area contributed by atoms with Gasteiger partial charge in [0.05, 0.1) is 10.9 Å². The molecule has 1 N–H and O–H groups in total. The first kappa shape index (κ1) is 19.0. The molecular weight excluding hydrogens is 338 g/mol. The molecule has 2 aromatic carbocycles. The number of rotatable bonds is 7. The van der Waals surface area contributed by atoms with E-state index in [1.165, 1.54) is 6.26 Å². The number of amides is 1. The number of hydrogen-bond donors (Lipinski definition) is 1. The third-order valence-corrected chi connectivity index (χ3v) is 4.98. The molecule has 1 amide bonds. The molecule has 0 aliphatic carbocycles. The number of nitrogens with one attached hydrogen (secondary N) is 1. The summed E-state index contributed by atoms with van der Waals surface area (Å²) in [4.78, 5) is 12.7. The van der Waals surface area contributed by atoms with E-state index in [1.54, 1.807) is 24.3 Å². The molecule has 25 heavy (non-hydrogen) atoms. The van der Waals surface area contributed by atoms with E-state index in [9.17, 15) is 13.2 Å². The Morgan fingerprint density at radius 3 is 2.20 bits per heavy atom. The zero-order chi connectivity index (χ0) is 18.4. The number of ether oxygens (including phenoxy) is 1. The Bertz CT molecular complexity index is 801. The lowest BCUT2D eigenvalue weighted by Crippen LogP contribution is -2.39. The first-order valence-corrected chi connectivity index (χ1v) is 10.0. The van der Waals surface area contributed by atoms with Crippen molar-refractivity contribution in [3.8, 4) is 5.75 Å². The minimum Gasteiger partial charge on any atom is -0.481 e. The number of benzene rings is 2. The van der Waals surface area contributed by atoms with Gasteiger partial charge in [0.1, 0.15) is 5.75 Å². The van der Waals surface area contributed by atoms with Crippen LogP contribution in [0.15, 0.2) is 59.5 Å². The number of carbonyl (C=O) groups is 1. The highest BCUT2D eigenvalue weighted by molar-refractivity contribution is 7.90. The second kappa shape index (κ2) is 8.16. The van der Waals surface area contributed by atoms with E-state index in [1.807, 2.05) is 44.2 Å². The average molecular weight is 361 g/mol. The molecule has 2 atom stereocenters. The summed E-state index contributed by atoms with van der Waals surface area (Å²) < 4.78 is 28.7. The highest BCUT2D eigenvalue weighted by atomic mass is 32.2. The van der Waals surface area contributed by atoms with Gasteiger partial charge in [0, 0.05) is 6.26 Å². The van der Waals surface area contributed by atoms with E-state index in [2.05, 4.69) is 5.32 Å². The van der Waals surface area contributed by atoms with Crippen molar-refractivity contribution in [3.63, 3.8) is 0 Å². The molecule has 0 saturated heterocycles. The average Bonchev–Trinajstić information content (AvgIpc) is 2.59. The Labute approximate surface area is 148 Å². The van der Waals surface area contributed by atoms with Crippen LogP contribution < -0.4 is 10.1 Å². The molecule has 0 spiro atoms. The molecule has 0 bridgehead atoms. The van der Waals surface area contributed by atoms with Crippen LogP contribution in [0.4, 0.5) is 0 Å². The monoisotopic (exact) mass is 361 g/mol. The summed E-state index contributed by atoms with van der Waals surface area (Å²) in [5.41, 5.74) is 0.829. The van der Waals surface area contributed by atoms with Gasteiger partial charge < -0.3 is 10.1 Å². The van der Waals surface area contributed by atoms with E-state index >= 15 is 0 Å². The maximum Gasteiger partial charge on any atom is 0.261 e. The van der Waals surface area contributed by atoms with Crippen molar-refractivity contribution in [2.45, 2.75) is 37.3 Å². The van der Waals surface area contributed by atoms with Crippen molar-refractivity contribution in [1.82, 2.24) is 5.32 Å². The zero-order valence-corrected chi connectivity index (χ0v) is 15.4. The molecule has 0 unspecified atom stereocenters. The van der Waals surface area contributed by atoms with Gasteiger partial charge in [-0.2, -0.15) is 0 Å². The first-order chi connectivity index (χ1) is 11.8. The fourth-order valence-corrected chi connectivity index (χ4v) is 3.01. The van der Waals surface area contributed by atoms with Crippen LogP contribution in [-0.4, -0.2) is 26.7 Å². The molecule has 0 heterocycles. The van der Waals surface area contributed by atoms with Crippen LogP contribution in [0.3, 0.4) is 0 Å². The van der Waals surface area contributed by atoms with Gasteiger partial charge in [0.15, 0.2) is 15.9 Å². The van der Waals surface area contributed by atoms with Gasteiger partial charge in [-0.05, 0) is 43.2 Å². The zero-order valence-electron chi connectivity index (χ0n) is 14.6. The minimum atomic E-state index is -3.23. The summed E-state index contributed by atoms with van der Waals surface area (Å²) in [7, 11) is -3.23. The summed E-state index contributed by atoms with van der Waals surface area (Å²) in [6.07, 6.45) is 1.13. The first-order valence-electron chi connectivity index (χ1n) is 8.13. The van der Waals surface area contributed by atoms with Crippen LogP contribution in [0.5, 0.6) is 5.75 Å². The third kappa shape index (κ3) is 5.32. The van der Waals surface area contributed by atoms with Gasteiger partial charge in [0.25, 0.3) is 5.91 Å². The summed E-state index contributed by atoms with van der Waals surface area (Å²) in [5.74, 6) is 0.445. The standard InChI is InChI=1S/C19H23NO4S/c1-4-18(24-16-8-6-5-7-9-16)19(21)20-14(2)15-10-12-17(13-11-15)25(3,22)23/h5-14,18H,4H2,1-3H3,(H,20,21)/t14-,18+/m1/s1. The smallest absolute Gasteiger partial charge is 0.261 e. The number of para-hydroxylation sites is 1. The van der Waals surface area contributed by atoms with Crippen molar-refractivity contribution in [2.75, 3.05) is 6.26 Å². The second-order valence-corrected chi connectivity index (χ2v) is 7.92. The Morgan fingerprint density at radius 2 is 1.68 bits per heavy atom. The quantitative estimate of drug-likeness (QED) is 0.822. The number of carbonyl (C=O) groups excluding carboxylic acids is 1. The number of sulfone groups is 1. The van der Waals surface area contributed by atoms with Crippen molar-refractivity contribution in [3.05, 3.63) is 60.2 Å². The molecule has 2 rings (SSSR count). The molecule has 0 radical (unpaired) electrons. The molecule has 5 nitrogen and oxygen atoms in total. The maximum absolute atomic E-state index is 12.5. The van der Waals surface area contributed by atoms with E-state index in [4.69, 9.17) is 4.74 Å². The summed E-state index contributed by atoms with van der Waals surface area (Å²) >= 11 is 0. The lowest BCUT2D eigenvalue weighted by atomic mass is 10.1. The van der Waals surface area contributed by atoms with Crippen LogP contribution in [0.25, 0.3) is 0 Å². The van der Waals surface area contributed by atoms with Crippen LogP contribution in [0.1, 0.15) is 31.9 Å². The topological polar surface area (TPSA) is 72.5 Å². The normalized spacial score (nSPS) is 13.7. The van der Waals surface area contributed by atoms with Gasteiger partial charge in [-0.15, -0.1) is 0 Å². The van der Waals surface area contributed by atoms with E-state index < -0.39 is 15.9 Å². The fraction of sp³-hybridized carbons (Fsp3) is 0.316. The van der Waals surface area contributed by atoms with E-state index in [0.29, 0.717) is 12.2 Å². The van der Waals surface area contributed by atoms with Gasteiger partial charge in [-0.3, -0.25) is 4.79 Å². The SMILES string of the molecule is CC[C@H](Oc1ccccc1)C(=O)N[C@H](C)c1ccc(S(C)(=O)=O)cc1. The predicted octanol–water partition coefficient (Wildman–Crippen LogP) is 3.12. The minimum absolute atomic E-state index is 0.203. The van der Waals surface area contributed by atoms with Gasteiger partial charge in [-0.1, -0.05) is 37.3 Å². The molecule has 0 aliphatic heterocycles. The molecule has 0 aliphatic rings.